The molecule has 5 N–H and O–H groups in total. The zero-order valence-corrected chi connectivity index (χ0v) is 12.5. The van der Waals surface area contributed by atoms with Gasteiger partial charge >= 0.3 is 6.09 Å². The molecular formula is C14H13N5O2S. The molecule has 0 atom stereocenters. The lowest BCUT2D eigenvalue weighted by atomic mass is 10.3. The molecule has 8 heteroatoms. The number of rotatable bonds is 3. The standard InChI is InChI=1S/C14H13N5O2S/c1-7-2-3-11(22-7)12-10(21-14(16)20)6-9(18-12)8-4-5-17-13(15)19-8/h2-6,18H,1H3,(H2,16,20)(H2,15,17,19). The minimum atomic E-state index is -0.873. The number of hydrogen-bond donors (Lipinski definition) is 3. The Labute approximate surface area is 130 Å². The van der Waals surface area contributed by atoms with Gasteiger partial charge in [0.05, 0.1) is 22.0 Å². The van der Waals surface area contributed by atoms with Crippen LogP contribution in [-0.2, 0) is 0 Å². The van der Waals surface area contributed by atoms with E-state index in [0.717, 1.165) is 9.75 Å². The predicted molar refractivity (Wildman–Crippen MR) is 84.5 cm³/mol. The number of ether oxygens (including phenoxy) is 1. The first-order valence-electron chi connectivity index (χ1n) is 6.39. The molecule has 0 unspecified atom stereocenters. The van der Waals surface area contributed by atoms with Crippen LogP contribution in [0, 0.1) is 6.92 Å². The molecule has 0 saturated carbocycles. The van der Waals surface area contributed by atoms with Crippen molar-refractivity contribution >= 4 is 23.4 Å². The molecule has 0 radical (unpaired) electrons. The molecule has 0 aliphatic rings. The van der Waals surface area contributed by atoms with E-state index in [9.17, 15) is 4.79 Å². The zero-order chi connectivity index (χ0) is 15.7. The van der Waals surface area contributed by atoms with Gasteiger partial charge in [-0.1, -0.05) is 0 Å². The van der Waals surface area contributed by atoms with Crippen LogP contribution in [-0.4, -0.2) is 21.0 Å². The van der Waals surface area contributed by atoms with E-state index >= 15 is 0 Å². The van der Waals surface area contributed by atoms with Gasteiger partial charge in [-0.3, -0.25) is 0 Å². The average Bonchev–Trinajstić information content (AvgIpc) is 3.04. The van der Waals surface area contributed by atoms with Crippen LogP contribution < -0.4 is 16.2 Å². The topological polar surface area (TPSA) is 120 Å². The molecule has 7 nitrogen and oxygen atoms in total. The largest absolute Gasteiger partial charge is 0.410 e. The van der Waals surface area contributed by atoms with Crippen LogP contribution in [0.2, 0.25) is 0 Å². The molecule has 1 amide bonds. The highest BCUT2D eigenvalue weighted by Crippen LogP contribution is 2.37. The Balaban J connectivity index is 2.10. The summed E-state index contributed by atoms with van der Waals surface area (Å²) in [5, 5.41) is 0. The smallest absolute Gasteiger partial charge is 0.408 e. The molecule has 3 aromatic rings. The molecule has 3 rings (SSSR count). The first-order chi connectivity index (χ1) is 10.5. The van der Waals surface area contributed by atoms with E-state index in [4.69, 9.17) is 16.2 Å². The number of nitrogens with zero attached hydrogens (tertiary/aromatic N) is 2. The highest BCUT2D eigenvalue weighted by Gasteiger charge is 2.16. The number of aromatic nitrogens is 3. The van der Waals surface area contributed by atoms with Crippen molar-refractivity contribution in [2.24, 2.45) is 5.73 Å². The number of H-pyrrole nitrogens is 1. The van der Waals surface area contributed by atoms with Gasteiger partial charge in [0, 0.05) is 17.1 Å². The Bertz CT molecular complexity index is 839. The van der Waals surface area contributed by atoms with Gasteiger partial charge < -0.3 is 21.2 Å². The molecule has 0 aromatic carbocycles. The van der Waals surface area contributed by atoms with Crippen LogP contribution in [0.4, 0.5) is 10.7 Å². The Morgan fingerprint density at radius 2 is 2.18 bits per heavy atom. The number of amides is 1. The first kappa shape index (κ1) is 14.1. The predicted octanol–water partition coefficient (Wildman–Crippen LogP) is 2.55. The molecule has 0 bridgehead atoms. The van der Waals surface area contributed by atoms with Gasteiger partial charge in [0.15, 0.2) is 5.75 Å². The van der Waals surface area contributed by atoms with E-state index in [2.05, 4.69) is 15.0 Å². The average molecular weight is 315 g/mol. The number of nitrogen functional groups attached to an aromatic ring is 1. The molecule has 22 heavy (non-hydrogen) atoms. The SMILES string of the molecule is Cc1ccc(-c2[nH]c(-c3ccnc(N)n3)cc2OC(N)=O)s1. The lowest BCUT2D eigenvalue weighted by Gasteiger charge is -2.00. The fourth-order valence-electron chi connectivity index (χ4n) is 2.04. The van der Waals surface area contributed by atoms with Crippen molar-refractivity contribution in [3.63, 3.8) is 0 Å². The molecular weight excluding hydrogens is 302 g/mol. The van der Waals surface area contributed by atoms with Crippen LogP contribution in [0.1, 0.15) is 4.88 Å². The number of hydrogen-bond acceptors (Lipinski definition) is 6. The number of anilines is 1. The van der Waals surface area contributed by atoms with E-state index in [0.29, 0.717) is 22.8 Å². The lowest BCUT2D eigenvalue weighted by Crippen LogP contribution is -2.16. The van der Waals surface area contributed by atoms with E-state index in [1.54, 1.807) is 29.7 Å². The maximum absolute atomic E-state index is 11.1. The molecule has 0 fully saturated rings. The molecule has 0 aliphatic carbocycles. The van der Waals surface area contributed by atoms with Gasteiger partial charge in [0.1, 0.15) is 0 Å². The fourth-order valence-corrected chi connectivity index (χ4v) is 2.91. The Hall–Kier alpha value is -2.87. The number of thiophene rings is 1. The number of carbonyl (C=O) groups is 1. The molecule has 0 spiro atoms. The number of aromatic amines is 1. The van der Waals surface area contributed by atoms with Crippen LogP contribution in [0.5, 0.6) is 5.75 Å². The Morgan fingerprint density at radius 1 is 1.36 bits per heavy atom. The third kappa shape index (κ3) is 2.77. The van der Waals surface area contributed by atoms with Crippen LogP contribution >= 0.6 is 11.3 Å². The summed E-state index contributed by atoms with van der Waals surface area (Å²) >= 11 is 1.57. The number of aryl methyl sites for hydroxylation is 1. The van der Waals surface area contributed by atoms with Crippen molar-refractivity contribution in [1.29, 1.82) is 0 Å². The lowest BCUT2D eigenvalue weighted by molar-refractivity contribution is 0.211. The summed E-state index contributed by atoms with van der Waals surface area (Å²) in [4.78, 5) is 24.4. The summed E-state index contributed by atoms with van der Waals surface area (Å²) in [7, 11) is 0. The Morgan fingerprint density at radius 3 is 2.82 bits per heavy atom. The second kappa shape index (κ2) is 5.49. The minimum absolute atomic E-state index is 0.165. The quantitative estimate of drug-likeness (QED) is 0.686. The number of nitrogens with two attached hydrogens (primary N) is 2. The van der Waals surface area contributed by atoms with Crippen molar-refractivity contribution in [2.75, 3.05) is 5.73 Å². The van der Waals surface area contributed by atoms with Crippen molar-refractivity contribution < 1.29 is 9.53 Å². The van der Waals surface area contributed by atoms with E-state index in [1.165, 1.54) is 0 Å². The van der Waals surface area contributed by atoms with Gasteiger partial charge in [-0.2, -0.15) is 0 Å². The second-order valence-electron chi connectivity index (χ2n) is 4.55. The highest BCUT2D eigenvalue weighted by atomic mass is 32.1. The van der Waals surface area contributed by atoms with Crippen LogP contribution in [0.3, 0.4) is 0 Å². The van der Waals surface area contributed by atoms with E-state index in [-0.39, 0.29) is 5.95 Å². The van der Waals surface area contributed by atoms with Crippen molar-refractivity contribution in [3.05, 3.63) is 35.3 Å². The minimum Gasteiger partial charge on any atom is -0.408 e. The normalized spacial score (nSPS) is 10.6. The van der Waals surface area contributed by atoms with E-state index < -0.39 is 6.09 Å². The summed E-state index contributed by atoms with van der Waals surface area (Å²) in [6.07, 6.45) is 0.685. The molecule has 0 aliphatic heterocycles. The van der Waals surface area contributed by atoms with Gasteiger partial charge in [-0.25, -0.2) is 14.8 Å². The van der Waals surface area contributed by atoms with Gasteiger partial charge in [0.2, 0.25) is 5.95 Å². The van der Waals surface area contributed by atoms with Crippen LogP contribution in [0.25, 0.3) is 22.0 Å². The molecule has 0 saturated heterocycles. The second-order valence-corrected chi connectivity index (χ2v) is 5.84. The maximum atomic E-state index is 11.1. The van der Waals surface area contributed by atoms with Gasteiger partial charge in [0.25, 0.3) is 0 Å². The monoisotopic (exact) mass is 315 g/mol. The zero-order valence-electron chi connectivity index (χ0n) is 11.7. The first-order valence-corrected chi connectivity index (χ1v) is 7.20. The summed E-state index contributed by atoms with van der Waals surface area (Å²) in [6.45, 7) is 2.00. The van der Waals surface area contributed by atoms with Crippen molar-refractivity contribution in [3.8, 4) is 27.7 Å². The highest BCUT2D eigenvalue weighted by molar-refractivity contribution is 7.15. The summed E-state index contributed by atoms with van der Waals surface area (Å²) in [5.74, 6) is 0.513. The maximum Gasteiger partial charge on any atom is 0.410 e. The number of primary amides is 1. The third-order valence-electron chi connectivity index (χ3n) is 2.93. The molecule has 3 aromatic heterocycles. The third-order valence-corrected chi connectivity index (χ3v) is 3.95. The van der Waals surface area contributed by atoms with Gasteiger partial charge in [-0.15, -0.1) is 11.3 Å². The van der Waals surface area contributed by atoms with Gasteiger partial charge in [-0.05, 0) is 25.1 Å². The molecule has 3 heterocycles. The number of carbonyl (C=O) groups excluding carboxylic acids is 1. The summed E-state index contributed by atoms with van der Waals surface area (Å²) < 4.78 is 5.08. The molecule has 112 valence electrons. The summed E-state index contributed by atoms with van der Waals surface area (Å²) in [5.41, 5.74) is 12.7. The van der Waals surface area contributed by atoms with Crippen LogP contribution in [0.15, 0.2) is 30.5 Å². The van der Waals surface area contributed by atoms with E-state index in [1.807, 2.05) is 19.1 Å². The number of nitrogens with one attached hydrogen (secondary N) is 1. The van der Waals surface area contributed by atoms with Crippen molar-refractivity contribution in [1.82, 2.24) is 15.0 Å². The fraction of sp³-hybridized carbons (Fsp3) is 0.0714. The van der Waals surface area contributed by atoms with Crippen molar-refractivity contribution in [2.45, 2.75) is 6.92 Å². The summed E-state index contributed by atoms with van der Waals surface area (Å²) in [6, 6.07) is 7.30. The Kier molecular flexibility index (Phi) is 3.51.